The molecule has 2 rings (SSSR count). The first kappa shape index (κ1) is 58.1. The normalized spacial score (nSPS) is 26.6. The van der Waals surface area contributed by atoms with E-state index < -0.39 is 92.5 Å². The topological polar surface area (TPSA) is 239 Å². The standard InChI is InChI=1S/C49H88O15/c1-3-5-7-9-11-13-15-17-18-20-22-24-26-28-30-32-39(52)60-34-36(37(51)31-29-27-25-23-21-19-16-14-12-10-8-6-4-2)35-61-48-44(57)42(55)45(46(64-48)47(58)59)63-49-43(56)41(54)40(53)38(33-50)62-49/h13,15,36,38,40-46,48-50,53-57H,3-12,14,16-35H2,1-2H3,(H,58,59)/b15-13+/t36?,38-,40-,41+,42-,43-,44-,45+,46+,48+,49-/m1/s1. The Morgan fingerprint density at radius 1 is 0.547 bits per heavy atom. The number of carboxylic acids is 1. The third-order valence-corrected chi connectivity index (χ3v) is 12.5. The third-order valence-electron chi connectivity index (χ3n) is 12.5. The van der Waals surface area contributed by atoms with Gasteiger partial charge in [0.25, 0.3) is 0 Å². The van der Waals surface area contributed by atoms with Crippen LogP contribution in [0.2, 0.25) is 0 Å². The van der Waals surface area contributed by atoms with Gasteiger partial charge in [-0.05, 0) is 38.5 Å². The van der Waals surface area contributed by atoms with E-state index in [4.69, 9.17) is 23.7 Å². The van der Waals surface area contributed by atoms with Crippen molar-refractivity contribution < 1.29 is 73.8 Å². The van der Waals surface area contributed by atoms with Crippen molar-refractivity contribution in [2.24, 2.45) is 5.92 Å². The van der Waals surface area contributed by atoms with Crippen molar-refractivity contribution in [1.29, 1.82) is 0 Å². The Hall–Kier alpha value is -2.05. The molecule has 0 saturated carbocycles. The van der Waals surface area contributed by atoms with Crippen LogP contribution < -0.4 is 0 Å². The zero-order valence-corrected chi connectivity index (χ0v) is 39.3. The van der Waals surface area contributed by atoms with Gasteiger partial charge in [-0.15, -0.1) is 0 Å². The van der Waals surface area contributed by atoms with Gasteiger partial charge >= 0.3 is 11.9 Å². The number of hydrogen-bond donors (Lipinski definition) is 7. The highest BCUT2D eigenvalue weighted by molar-refractivity contribution is 5.81. The molecule has 2 aliphatic heterocycles. The van der Waals surface area contributed by atoms with E-state index in [1.165, 1.54) is 96.3 Å². The number of esters is 1. The average molecular weight is 917 g/mol. The summed E-state index contributed by atoms with van der Waals surface area (Å²) in [6.45, 7) is 2.99. The van der Waals surface area contributed by atoms with Crippen molar-refractivity contribution in [3.8, 4) is 0 Å². The lowest BCUT2D eigenvalue weighted by Crippen LogP contribution is -2.65. The summed E-state index contributed by atoms with van der Waals surface area (Å²) in [4.78, 5) is 38.6. The van der Waals surface area contributed by atoms with Crippen LogP contribution in [0.1, 0.15) is 194 Å². The van der Waals surface area contributed by atoms with Gasteiger partial charge in [-0.2, -0.15) is 0 Å². The van der Waals surface area contributed by atoms with E-state index >= 15 is 0 Å². The lowest BCUT2D eigenvalue weighted by molar-refractivity contribution is -0.354. The van der Waals surface area contributed by atoms with E-state index in [0.717, 1.165) is 57.8 Å². The van der Waals surface area contributed by atoms with Gasteiger partial charge in [-0.1, -0.05) is 154 Å². The Morgan fingerprint density at radius 3 is 1.53 bits per heavy atom. The number of Topliss-reactive ketones (excluding diaryl/α,β-unsaturated/α-hetero) is 1. The van der Waals surface area contributed by atoms with Crippen molar-refractivity contribution in [3.05, 3.63) is 12.2 Å². The first-order valence-electron chi connectivity index (χ1n) is 25.1. The summed E-state index contributed by atoms with van der Waals surface area (Å²) in [5, 5.41) is 72.2. The molecule has 64 heavy (non-hydrogen) atoms. The molecule has 15 nitrogen and oxygen atoms in total. The summed E-state index contributed by atoms with van der Waals surface area (Å²) < 4.78 is 27.6. The van der Waals surface area contributed by atoms with Crippen LogP contribution in [-0.2, 0) is 38.1 Å². The number of carboxylic acid groups (broad SMARTS) is 1. The zero-order valence-electron chi connectivity index (χ0n) is 39.3. The maximum atomic E-state index is 13.5. The molecule has 7 N–H and O–H groups in total. The predicted molar refractivity (Wildman–Crippen MR) is 242 cm³/mol. The number of aliphatic hydroxyl groups excluding tert-OH is 6. The molecule has 0 spiro atoms. The first-order valence-corrected chi connectivity index (χ1v) is 25.1. The molecule has 2 fully saturated rings. The van der Waals surface area contributed by atoms with Gasteiger partial charge in [0.1, 0.15) is 55.1 Å². The zero-order chi connectivity index (χ0) is 47.0. The summed E-state index contributed by atoms with van der Waals surface area (Å²) in [5.41, 5.74) is 0. The maximum Gasteiger partial charge on any atom is 0.335 e. The summed E-state index contributed by atoms with van der Waals surface area (Å²) in [6, 6.07) is 0. The number of hydrogen-bond acceptors (Lipinski definition) is 14. The van der Waals surface area contributed by atoms with Gasteiger partial charge in [0.15, 0.2) is 18.7 Å². The van der Waals surface area contributed by atoms with Gasteiger partial charge in [0.05, 0.1) is 19.1 Å². The molecule has 0 radical (unpaired) electrons. The van der Waals surface area contributed by atoms with Gasteiger partial charge in [0.2, 0.25) is 0 Å². The SMILES string of the molecule is CCCCCC/C=C/CCCCCCCCCC(=O)OCC(CO[C@H]1O[C@H](C(=O)O)[C@@H](O[C@H]2O[C@H](CO)[C@@H](O)[C@H](O)[C@H]2O)[C@H](O)[C@H]1O)C(=O)CCCCCCCCCCCCCCC. The minimum absolute atomic E-state index is 0.205. The van der Waals surface area contributed by atoms with Crippen molar-refractivity contribution in [2.45, 2.75) is 255 Å². The molecule has 0 aromatic carbocycles. The van der Waals surface area contributed by atoms with Crippen molar-refractivity contribution in [3.63, 3.8) is 0 Å². The van der Waals surface area contributed by atoms with E-state index in [9.17, 15) is 50.1 Å². The Kier molecular flexibility index (Phi) is 32.7. The molecule has 0 aromatic rings. The number of unbranched alkanes of at least 4 members (excludes halogenated alkanes) is 23. The van der Waals surface area contributed by atoms with E-state index in [1.807, 2.05) is 0 Å². The molecular weight excluding hydrogens is 829 g/mol. The number of carbonyl (C=O) groups is 3. The van der Waals surface area contributed by atoms with Crippen LogP contribution in [0.3, 0.4) is 0 Å². The van der Waals surface area contributed by atoms with Crippen molar-refractivity contribution in [2.75, 3.05) is 19.8 Å². The lowest BCUT2D eigenvalue weighted by Gasteiger charge is -2.45. The average Bonchev–Trinajstić information content (AvgIpc) is 3.28. The molecule has 2 aliphatic rings. The summed E-state index contributed by atoms with van der Waals surface area (Å²) in [5.74, 6) is -3.24. The van der Waals surface area contributed by atoms with Crippen LogP contribution in [0.25, 0.3) is 0 Å². The van der Waals surface area contributed by atoms with E-state index in [2.05, 4.69) is 26.0 Å². The second-order valence-corrected chi connectivity index (χ2v) is 18.0. The minimum Gasteiger partial charge on any atom is -0.479 e. The van der Waals surface area contributed by atoms with Crippen LogP contribution in [0.4, 0.5) is 0 Å². The van der Waals surface area contributed by atoms with Gasteiger partial charge in [-0.25, -0.2) is 4.79 Å². The highest BCUT2D eigenvalue weighted by Gasteiger charge is 2.53. The molecule has 2 saturated heterocycles. The number of ketones is 1. The lowest BCUT2D eigenvalue weighted by atomic mass is 9.96. The van der Waals surface area contributed by atoms with Crippen molar-refractivity contribution >= 4 is 17.7 Å². The monoisotopic (exact) mass is 917 g/mol. The Morgan fingerprint density at radius 2 is 1.02 bits per heavy atom. The number of ether oxygens (including phenoxy) is 5. The number of aliphatic carboxylic acids is 1. The quantitative estimate of drug-likeness (QED) is 0.0187. The molecule has 15 heteroatoms. The number of aliphatic hydroxyl groups is 6. The fraction of sp³-hybridized carbons (Fsp3) is 0.898. The summed E-state index contributed by atoms with van der Waals surface area (Å²) >= 11 is 0. The number of allylic oxidation sites excluding steroid dienone is 2. The van der Waals surface area contributed by atoms with E-state index in [0.29, 0.717) is 12.8 Å². The van der Waals surface area contributed by atoms with Crippen LogP contribution >= 0.6 is 0 Å². The third kappa shape index (κ3) is 23.6. The first-order chi connectivity index (χ1) is 31.0. The van der Waals surface area contributed by atoms with Gasteiger partial charge < -0.3 is 59.4 Å². The molecule has 1 unspecified atom stereocenters. The summed E-state index contributed by atoms with van der Waals surface area (Å²) in [6.07, 6.45) is 16.5. The fourth-order valence-electron chi connectivity index (χ4n) is 8.23. The highest BCUT2D eigenvalue weighted by Crippen LogP contribution is 2.30. The Balaban J connectivity index is 1.87. The van der Waals surface area contributed by atoms with Crippen LogP contribution in [0.5, 0.6) is 0 Å². The van der Waals surface area contributed by atoms with Crippen LogP contribution in [-0.4, -0.2) is 135 Å². The van der Waals surface area contributed by atoms with E-state index in [1.54, 1.807) is 0 Å². The molecular formula is C49H88O15. The molecule has 0 bridgehead atoms. The Labute approximate surface area is 383 Å². The molecule has 374 valence electrons. The maximum absolute atomic E-state index is 13.5. The molecule has 0 aliphatic carbocycles. The van der Waals surface area contributed by atoms with Gasteiger partial charge in [0, 0.05) is 12.8 Å². The number of carbonyl (C=O) groups excluding carboxylic acids is 2. The van der Waals surface area contributed by atoms with Crippen LogP contribution in [0, 0.1) is 5.92 Å². The predicted octanol–water partition coefficient (Wildman–Crippen LogP) is 6.97. The van der Waals surface area contributed by atoms with Crippen LogP contribution in [0.15, 0.2) is 12.2 Å². The largest absolute Gasteiger partial charge is 0.479 e. The fourth-order valence-corrected chi connectivity index (χ4v) is 8.23. The molecule has 0 amide bonds. The minimum atomic E-state index is -1.99. The highest BCUT2D eigenvalue weighted by atomic mass is 16.7. The van der Waals surface area contributed by atoms with Gasteiger partial charge in [-0.3, -0.25) is 9.59 Å². The number of rotatable bonds is 39. The second-order valence-electron chi connectivity index (χ2n) is 18.0. The molecule has 0 aromatic heterocycles. The molecule has 11 atom stereocenters. The Bertz CT molecular complexity index is 1230. The second kappa shape index (κ2) is 36.1. The summed E-state index contributed by atoms with van der Waals surface area (Å²) in [7, 11) is 0. The van der Waals surface area contributed by atoms with Crippen molar-refractivity contribution in [1.82, 2.24) is 0 Å². The molecule has 2 heterocycles. The smallest absolute Gasteiger partial charge is 0.335 e. The van der Waals surface area contributed by atoms with E-state index in [-0.39, 0.29) is 25.2 Å².